The van der Waals surface area contributed by atoms with Crippen molar-refractivity contribution in [3.05, 3.63) is 30.3 Å². The van der Waals surface area contributed by atoms with Gasteiger partial charge in [-0.25, -0.2) is 0 Å². The summed E-state index contributed by atoms with van der Waals surface area (Å²) in [6.07, 6.45) is 4.05. The van der Waals surface area contributed by atoms with Crippen LogP contribution in [0.15, 0.2) is 30.3 Å². The average Bonchev–Trinajstić information content (AvgIpc) is 2.29. The molecule has 3 nitrogen and oxygen atoms in total. The molecule has 1 fully saturated rings. The molecule has 0 radical (unpaired) electrons. The molecule has 1 aliphatic carbocycles. The van der Waals surface area contributed by atoms with Crippen LogP contribution in [0.1, 0.15) is 32.6 Å². The Morgan fingerprint density at radius 2 is 2.06 bits per heavy atom. The normalized spacial score (nSPS) is 28.7. The van der Waals surface area contributed by atoms with Crippen molar-refractivity contribution in [1.29, 1.82) is 0 Å². The van der Waals surface area contributed by atoms with Gasteiger partial charge in [0.1, 0.15) is 0 Å². The molecule has 3 heteroatoms. The van der Waals surface area contributed by atoms with Gasteiger partial charge in [0.2, 0.25) is 5.91 Å². The third-order valence-corrected chi connectivity index (χ3v) is 3.61. The maximum atomic E-state index is 12.2. The van der Waals surface area contributed by atoms with E-state index in [0.717, 1.165) is 31.4 Å². The largest absolute Gasteiger partial charge is 0.326 e. The number of para-hydroxylation sites is 1. The van der Waals surface area contributed by atoms with Crippen molar-refractivity contribution in [2.24, 2.45) is 11.7 Å². The van der Waals surface area contributed by atoms with Crippen LogP contribution in [0.3, 0.4) is 0 Å². The number of rotatable bonds is 2. The number of hydrogen-bond donors (Lipinski definition) is 2. The summed E-state index contributed by atoms with van der Waals surface area (Å²) in [7, 11) is 0. The summed E-state index contributed by atoms with van der Waals surface area (Å²) in [5, 5.41) is 2.95. The van der Waals surface area contributed by atoms with Crippen LogP contribution in [0.5, 0.6) is 0 Å². The van der Waals surface area contributed by atoms with Gasteiger partial charge in [-0.05, 0) is 31.9 Å². The van der Waals surface area contributed by atoms with E-state index in [1.807, 2.05) is 37.3 Å². The van der Waals surface area contributed by atoms with Crippen LogP contribution in [-0.4, -0.2) is 11.4 Å². The Hall–Kier alpha value is -1.35. The summed E-state index contributed by atoms with van der Waals surface area (Å²) in [5.74, 6) is -0.0163. The SMILES string of the molecule is CC1(N)CCCCC1C(=O)Nc1ccccc1. The zero-order valence-corrected chi connectivity index (χ0v) is 10.3. The summed E-state index contributed by atoms with van der Waals surface area (Å²) >= 11 is 0. The van der Waals surface area contributed by atoms with E-state index >= 15 is 0 Å². The summed E-state index contributed by atoms with van der Waals surface area (Å²) in [6, 6.07) is 9.56. The maximum absolute atomic E-state index is 12.2. The average molecular weight is 232 g/mol. The smallest absolute Gasteiger partial charge is 0.229 e. The van der Waals surface area contributed by atoms with Crippen molar-refractivity contribution in [2.45, 2.75) is 38.1 Å². The third-order valence-electron chi connectivity index (χ3n) is 3.61. The zero-order valence-electron chi connectivity index (χ0n) is 10.3. The van der Waals surface area contributed by atoms with Crippen LogP contribution in [0.25, 0.3) is 0 Å². The Morgan fingerprint density at radius 3 is 2.71 bits per heavy atom. The highest BCUT2D eigenvalue weighted by Crippen LogP contribution is 2.32. The fourth-order valence-electron chi connectivity index (χ4n) is 2.54. The molecule has 0 aromatic heterocycles. The summed E-state index contributed by atoms with van der Waals surface area (Å²) in [6.45, 7) is 1.99. The Labute approximate surface area is 102 Å². The van der Waals surface area contributed by atoms with Crippen LogP contribution in [0.2, 0.25) is 0 Å². The monoisotopic (exact) mass is 232 g/mol. The van der Waals surface area contributed by atoms with Crippen LogP contribution in [-0.2, 0) is 4.79 Å². The van der Waals surface area contributed by atoms with Crippen molar-refractivity contribution >= 4 is 11.6 Å². The van der Waals surface area contributed by atoms with E-state index in [9.17, 15) is 4.79 Å². The molecule has 1 saturated carbocycles. The second kappa shape index (κ2) is 4.88. The van der Waals surface area contributed by atoms with Gasteiger partial charge in [-0.3, -0.25) is 4.79 Å². The van der Waals surface area contributed by atoms with E-state index in [-0.39, 0.29) is 17.4 Å². The van der Waals surface area contributed by atoms with Gasteiger partial charge in [0.05, 0.1) is 5.92 Å². The van der Waals surface area contributed by atoms with Crippen molar-refractivity contribution in [2.75, 3.05) is 5.32 Å². The number of carbonyl (C=O) groups is 1. The predicted octanol–water partition coefficient (Wildman–Crippen LogP) is 2.53. The van der Waals surface area contributed by atoms with E-state index in [4.69, 9.17) is 5.73 Å². The van der Waals surface area contributed by atoms with Gasteiger partial charge in [0.15, 0.2) is 0 Å². The lowest BCUT2D eigenvalue weighted by atomic mass is 9.74. The molecule has 1 aromatic carbocycles. The van der Waals surface area contributed by atoms with Crippen molar-refractivity contribution in [1.82, 2.24) is 0 Å². The Balaban J connectivity index is 2.04. The fourth-order valence-corrected chi connectivity index (χ4v) is 2.54. The molecule has 1 aliphatic rings. The van der Waals surface area contributed by atoms with E-state index in [1.54, 1.807) is 0 Å². The second-order valence-corrected chi connectivity index (χ2v) is 5.16. The number of nitrogens with two attached hydrogens (primary N) is 1. The number of hydrogen-bond acceptors (Lipinski definition) is 2. The molecular weight excluding hydrogens is 212 g/mol. The van der Waals surface area contributed by atoms with Crippen molar-refractivity contribution < 1.29 is 4.79 Å². The lowest BCUT2D eigenvalue weighted by molar-refractivity contribution is -0.122. The standard InChI is InChI=1S/C14H20N2O/c1-14(15)10-6-5-9-12(14)13(17)16-11-7-3-2-4-8-11/h2-4,7-8,12H,5-6,9-10,15H2,1H3,(H,16,17). The molecule has 3 N–H and O–H groups in total. The van der Waals surface area contributed by atoms with Gasteiger partial charge in [-0.2, -0.15) is 0 Å². The Bertz CT molecular complexity index is 386. The van der Waals surface area contributed by atoms with E-state index in [0.29, 0.717) is 0 Å². The third kappa shape index (κ3) is 2.86. The number of carbonyl (C=O) groups excluding carboxylic acids is 1. The lowest BCUT2D eigenvalue weighted by Crippen LogP contribution is -2.51. The molecule has 0 heterocycles. The highest BCUT2D eigenvalue weighted by Gasteiger charge is 2.37. The lowest BCUT2D eigenvalue weighted by Gasteiger charge is -2.37. The summed E-state index contributed by atoms with van der Waals surface area (Å²) in [4.78, 5) is 12.2. The minimum atomic E-state index is -0.364. The molecule has 92 valence electrons. The Morgan fingerprint density at radius 1 is 1.35 bits per heavy atom. The molecule has 2 atom stereocenters. The molecule has 0 spiro atoms. The summed E-state index contributed by atoms with van der Waals surface area (Å²) in [5.41, 5.74) is 6.70. The van der Waals surface area contributed by atoms with Gasteiger partial charge in [-0.1, -0.05) is 31.0 Å². The molecule has 2 unspecified atom stereocenters. The van der Waals surface area contributed by atoms with Crippen molar-refractivity contribution in [3.8, 4) is 0 Å². The van der Waals surface area contributed by atoms with Crippen LogP contribution in [0.4, 0.5) is 5.69 Å². The molecular formula is C14H20N2O. The quantitative estimate of drug-likeness (QED) is 0.823. The molecule has 2 rings (SSSR count). The molecule has 1 amide bonds. The number of nitrogens with one attached hydrogen (secondary N) is 1. The number of benzene rings is 1. The molecule has 1 aromatic rings. The highest BCUT2D eigenvalue weighted by molar-refractivity contribution is 5.93. The Kier molecular flexibility index (Phi) is 3.48. The van der Waals surface area contributed by atoms with Gasteiger partial charge in [0.25, 0.3) is 0 Å². The van der Waals surface area contributed by atoms with Gasteiger partial charge < -0.3 is 11.1 Å². The predicted molar refractivity (Wildman–Crippen MR) is 69.6 cm³/mol. The molecule has 0 aliphatic heterocycles. The first-order chi connectivity index (χ1) is 8.09. The summed E-state index contributed by atoms with van der Waals surface area (Å²) < 4.78 is 0. The van der Waals surface area contributed by atoms with Crippen LogP contribution < -0.4 is 11.1 Å². The number of amides is 1. The van der Waals surface area contributed by atoms with E-state index < -0.39 is 0 Å². The first-order valence-electron chi connectivity index (χ1n) is 6.24. The van der Waals surface area contributed by atoms with E-state index in [1.165, 1.54) is 0 Å². The van der Waals surface area contributed by atoms with Crippen LogP contribution >= 0.6 is 0 Å². The fraction of sp³-hybridized carbons (Fsp3) is 0.500. The topological polar surface area (TPSA) is 55.1 Å². The first-order valence-corrected chi connectivity index (χ1v) is 6.24. The van der Waals surface area contributed by atoms with Crippen LogP contribution in [0, 0.1) is 5.92 Å². The highest BCUT2D eigenvalue weighted by atomic mass is 16.1. The van der Waals surface area contributed by atoms with E-state index in [2.05, 4.69) is 5.32 Å². The molecule has 0 bridgehead atoms. The zero-order chi connectivity index (χ0) is 12.3. The van der Waals surface area contributed by atoms with Gasteiger partial charge in [-0.15, -0.1) is 0 Å². The molecule has 17 heavy (non-hydrogen) atoms. The minimum absolute atomic E-state index is 0.0564. The minimum Gasteiger partial charge on any atom is -0.326 e. The van der Waals surface area contributed by atoms with Gasteiger partial charge in [0, 0.05) is 11.2 Å². The second-order valence-electron chi connectivity index (χ2n) is 5.16. The number of anilines is 1. The van der Waals surface area contributed by atoms with Gasteiger partial charge >= 0.3 is 0 Å². The molecule has 0 saturated heterocycles. The maximum Gasteiger partial charge on any atom is 0.229 e. The van der Waals surface area contributed by atoms with Crippen molar-refractivity contribution in [3.63, 3.8) is 0 Å². The first kappa shape index (κ1) is 12.1.